The van der Waals surface area contributed by atoms with Crippen LogP contribution in [-0.2, 0) is 4.79 Å². The molecular formula is C28H43N3O3. The van der Waals surface area contributed by atoms with Gasteiger partial charge in [0.2, 0.25) is 0 Å². The van der Waals surface area contributed by atoms with Crippen LogP contribution in [0.5, 0.6) is 0 Å². The van der Waals surface area contributed by atoms with Crippen LogP contribution >= 0.6 is 0 Å². The molecule has 0 saturated carbocycles. The summed E-state index contributed by atoms with van der Waals surface area (Å²) < 4.78 is 0. The minimum Gasteiger partial charge on any atom is -0.400 e. The number of aliphatic hydroxyl groups excluding tert-OH is 1. The van der Waals surface area contributed by atoms with Gasteiger partial charge in [-0.05, 0) is 82.8 Å². The van der Waals surface area contributed by atoms with E-state index in [-0.39, 0.29) is 5.91 Å². The average molecular weight is 470 g/mol. The second-order valence-electron chi connectivity index (χ2n) is 8.74. The Bertz CT molecular complexity index is 860. The van der Waals surface area contributed by atoms with Gasteiger partial charge in [-0.2, -0.15) is 0 Å². The number of aryl methyl sites for hydroxylation is 1. The van der Waals surface area contributed by atoms with Gasteiger partial charge in [0.25, 0.3) is 5.91 Å². The molecule has 3 N–H and O–H groups in total. The summed E-state index contributed by atoms with van der Waals surface area (Å²) in [4.78, 5) is 26.6. The largest absolute Gasteiger partial charge is 0.400 e. The summed E-state index contributed by atoms with van der Waals surface area (Å²) in [6, 6.07) is 6.18. The monoisotopic (exact) mass is 469 g/mol. The molecule has 1 aromatic rings. The molecule has 1 saturated heterocycles. The summed E-state index contributed by atoms with van der Waals surface area (Å²) in [5, 5.41) is 12.8. The molecule has 1 heterocycles. The lowest BCUT2D eigenvalue weighted by molar-refractivity contribution is -0.103. The fourth-order valence-electron chi connectivity index (χ4n) is 4.31. The van der Waals surface area contributed by atoms with E-state index in [9.17, 15) is 9.59 Å². The van der Waals surface area contributed by atoms with Gasteiger partial charge < -0.3 is 20.6 Å². The van der Waals surface area contributed by atoms with Crippen molar-refractivity contribution < 1.29 is 14.7 Å². The summed E-state index contributed by atoms with van der Waals surface area (Å²) >= 11 is 0. The number of likely N-dealkylation sites (tertiary alicyclic amines) is 1. The van der Waals surface area contributed by atoms with E-state index in [4.69, 9.17) is 5.11 Å². The van der Waals surface area contributed by atoms with Crippen molar-refractivity contribution in [1.29, 1.82) is 0 Å². The van der Waals surface area contributed by atoms with Crippen molar-refractivity contribution in [2.24, 2.45) is 11.8 Å². The Balaban J connectivity index is 0.00000281. The highest BCUT2D eigenvalue weighted by Gasteiger charge is 2.21. The topological polar surface area (TPSA) is 81.7 Å². The molecular weight excluding hydrogens is 426 g/mol. The average Bonchev–Trinajstić information content (AvgIpc) is 3.26. The van der Waals surface area contributed by atoms with E-state index in [2.05, 4.69) is 54.5 Å². The van der Waals surface area contributed by atoms with Crippen molar-refractivity contribution in [2.45, 2.75) is 53.0 Å². The van der Waals surface area contributed by atoms with Crippen LogP contribution in [0.4, 0.5) is 0 Å². The van der Waals surface area contributed by atoms with Crippen molar-refractivity contribution in [1.82, 2.24) is 15.5 Å². The highest BCUT2D eigenvalue weighted by Crippen LogP contribution is 2.23. The number of allylic oxidation sites excluding steroid dienone is 4. The molecule has 0 spiro atoms. The number of aliphatic hydroxyl groups is 1. The van der Waals surface area contributed by atoms with Crippen LogP contribution in [0.15, 0.2) is 48.8 Å². The van der Waals surface area contributed by atoms with Crippen LogP contribution in [0.2, 0.25) is 0 Å². The van der Waals surface area contributed by atoms with Gasteiger partial charge in [-0.3, -0.25) is 9.59 Å². The predicted octanol–water partition coefficient (Wildman–Crippen LogP) is 4.31. The summed E-state index contributed by atoms with van der Waals surface area (Å²) in [7, 11) is 2.59. The zero-order valence-electron chi connectivity index (χ0n) is 21.7. The summed E-state index contributed by atoms with van der Waals surface area (Å²) in [5.41, 5.74) is 2.54. The molecule has 1 aliphatic rings. The summed E-state index contributed by atoms with van der Waals surface area (Å²) in [6.07, 6.45) is 14.7. The van der Waals surface area contributed by atoms with Crippen LogP contribution in [-0.4, -0.2) is 55.5 Å². The number of benzene rings is 1. The van der Waals surface area contributed by atoms with E-state index in [1.165, 1.54) is 19.4 Å². The molecule has 3 atom stereocenters. The van der Waals surface area contributed by atoms with Crippen LogP contribution in [0.1, 0.15) is 61.5 Å². The van der Waals surface area contributed by atoms with E-state index in [1.54, 1.807) is 19.3 Å². The van der Waals surface area contributed by atoms with Gasteiger partial charge in [-0.15, -0.1) is 0 Å². The fraction of sp³-hybridized carbons (Fsp3) is 0.500. The van der Waals surface area contributed by atoms with Gasteiger partial charge in [-0.1, -0.05) is 42.8 Å². The standard InChI is InChI=1S/C27H39N3O2.CH4O/c1-6-8-23(13-16-30-15-7-9-22(30)4)21(3)12-14-29-18-24(19-31)26-17-20(2)10-11-25(26)27(32)28-5;1-2/h6,8,10-12,14,17-19,21-23,29H,7,9,13,15-16H2,1-5H3,(H,28,32);2H,1H3/b8-6-,14-12+,24-18+;. The third-order valence-electron chi connectivity index (χ3n) is 6.37. The molecule has 1 aromatic carbocycles. The number of carbonyl (C=O) groups is 2. The Morgan fingerprint density at radius 3 is 2.59 bits per heavy atom. The lowest BCUT2D eigenvalue weighted by atomic mass is 9.90. The lowest BCUT2D eigenvalue weighted by Gasteiger charge is -2.25. The highest BCUT2D eigenvalue weighted by atomic mass is 16.2. The number of hydrogen-bond acceptors (Lipinski definition) is 5. The molecule has 34 heavy (non-hydrogen) atoms. The number of nitrogens with zero attached hydrogens (tertiary/aromatic N) is 1. The first-order chi connectivity index (χ1) is 16.4. The first-order valence-electron chi connectivity index (χ1n) is 12.1. The van der Waals surface area contributed by atoms with Crippen molar-refractivity contribution in [3.8, 4) is 0 Å². The van der Waals surface area contributed by atoms with E-state index < -0.39 is 0 Å². The van der Waals surface area contributed by atoms with Gasteiger partial charge in [0.1, 0.15) is 0 Å². The second kappa shape index (κ2) is 16.0. The number of amides is 1. The molecule has 6 nitrogen and oxygen atoms in total. The SMILES string of the molecule is C/C=C\C(CCN1CCCC1C)C(C)/C=C/N/C=C(\C=O)c1cc(C)ccc1C(=O)NC.CO. The van der Waals surface area contributed by atoms with Crippen molar-refractivity contribution in [2.75, 3.05) is 27.2 Å². The Morgan fingerprint density at radius 1 is 1.26 bits per heavy atom. The number of hydrogen-bond donors (Lipinski definition) is 3. The van der Waals surface area contributed by atoms with E-state index in [0.717, 1.165) is 31.9 Å². The minimum atomic E-state index is -0.210. The third kappa shape index (κ3) is 8.92. The van der Waals surface area contributed by atoms with Gasteiger partial charge in [0, 0.05) is 37.5 Å². The molecule has 2 rings (SSSR count). The molecule has 1 aliphatic heterocycles. The van der Waals surface area contributed by atoms with E-state index in [1.807, 2.05) is 25.3 Å². The van der Waals surface area contributed by atoms with Crippen LogP contribution in [0.25, 0.3) is 5.57 Å². The van der Waals surface area contributed by atoms with Gasteiger partial charge >= 0.3 is 0 Å². The molecule has 0 aliphatic carbocycles. The smallest absolute Gasteiger partial charge is 0.251 e. The molecule has 1 amide bonds. The number of aldehydes is 1. The van der Waals surface area contributed by atoms with Gasteiger partial charge in [0.05, 0.1) is 0 Å². The van der Waals surface area contributed by atoms with Crippen LogP contribution in [0, 0.1) is 18.8 Å². The van der Waals surface area contributed by atoms with Crippen molar-refractivity contribution in [3.05, 3.63) is 65.5 Å². The second-order valence-corrected chi connectivity index (χ2v) is 8.74. The van der Waals surface area contributed by atoms with Crippen LogP contribution < -0.4 is 10.6 Å². The Labute approximate surface area is 205 Å². The number of carbonyl (C=O) groups excluding carboxylic acids is 2. The fourth-order valence-corrected chi connectivity index (χ4v) is 4.31. The number of rotatable bonds is 11. The lowest BCUT2D eigenvalue weighted by Crippen LogP contribution is -2.29. The third-order valence-corrected chi connectivity index (χ3v) is 6.37. The summed E-state index contributed by atoms with van der Waals surface area (Å²) in [6.45, 7) is 10.9. The van der Waals surface area contributed by atoms with E-state index >= 15 is 0 Å². The Kier molecular flexibility index (Phi) is 13.8. The Morgan fingerprint density at radius 2 is 2.00 bits per heavy atom. The highest BCUT2D eigenvalue weighted by molar-refractivity contribution is 6.12. The normalized spacial score (nSPS) is 18.4. The molecule has 188 valence electrons. The maximum atomic E-state index is 12.2. The first-order valence-corrected chi connectivity index (χ1v) is 12.1. The first kappa shape index (κ1) is 29.3. The quantitative estimate of drug-likeness (QED) is 0.256. The molecule has 0 bridgehead atoms. The maximum absolute atomic E-state index is 12.2. The molecule has 6 heteroatoms. The van der Waals surface area contributed by atoms with Crippen LogP contribution in [0.3, 0.4) is 0 Å². The summed E-state index contributed by atoms with van der Waals surface area (Å²) in [5.74, 6) is 0.625. The molecule has 1 fully saturated rings. The van der Waals surface area contributed by atoms with Crippen molar-refractivity contribution in [3.63, 3.8) is 0 Å². The Hall–Kier alpha value is -2.70. The maximum Gasteiger partial charge on any atom is 0.251 e. The van der Waals surface area contributed by atoms with E-state index in [0.29, 0.717) is 34.6 Å². The van der Waals surface area contributed by atoms with Crippen molar-refractivity contribution >= 4 is 17.8 Å². The van der Waals surface area contributed by atoms with Gasteiger partial charge in [0.15, 0.2) is 6.29 Å². The molecule has 0 aromatic heterocycles. The van der Waals surface area contributed by atoms with Gasteiger partial charge in [-0.25, -0.2) is 0 Å². The zero-order chi connectivity index (χ0) is 25.5. The molecule has 0 radical (unpaired) electrons. The zero-order valence-corrected chi connectivity index (χ0v) is 21.7. The molecule has 3 unspecified atom stereocenters. The number of nitrogens with one attached hydrogen (secondary N) is 2. The predicted molar refractivity (Wildman–Crippen MR) is 141 cm³/mol. The minimum absolute atomic E-state index is 0.210.